The molecule has 2 aliphatic heterocycles. The van der Waals surface area contributed by atoms with Gasteiger partial charge in [0.05, 0.1) is 18.8 Å². The Morgan fingerprint density at radius 1 is 1.21 bits per heavy atom. The largest absolute Gasteiger partial charge is 0.350 e. The van der Waals surface area contributed by atoms with Gasteiger partial charge >= 0.3 is 0 Å². The fourth-order valence-electron chi connectivity index (χ4n) is 3.60. The molecule has 24 heavy (non-hydrogen) atoms. The van der Waals surface area contributed by atoms with Crippen LogP contribution in [0.3, 0.4) is 0 Å². The number of carbonyl (C=O) groups excluding carboxylic acids is 1. The lowest BCUT2D eigenvalue weighted by Crippen LogP contribution is -2.45. The summed E-state index contributed by atoms with van der Waals surface area (Å²) >= 11 is 3.49. The van der Waals surface area contributed by atoms with Gasteiger partial charge in [0, 0.05) is 29.2 Å². The number of nitrogens with zero attached hydrogens (tertiary/aromatic N) is 2. The van der Waals surface area contributed by atoms with E-state index in [2.05, 4.69) is 15.9 Å². The van der Waals surface area contributed by atoms with Gasteiger partial charge in [-0.1, -0.05) is 34.1 Å². The van der Waals surface area contributed by atoms with Crippen LogP contribution >= 0.6 is 15.9 Å². The first kappa shape index (κ1) is 15.7. The molecule has 1 fully saturated rings. The molecule has 4 nitrogen and oxygen atoms in total. The first-order valence-electron chi connectivity index (χ1n) is 7.74. The molecule has 0 bridgehead atoms. The van der Waals surface area contributed by atoms with Gasteiger partial charge in [-0.25, -0.2) is 4.39 Å². The Morgan fingerprint density at radius 2 is 2.00 bits per heavy atom. The minimum atomic E-state index is -1.09. The maximum absolute atomic E-state index is 14.7. The Bertz CT molecular complexity index is 828. The summed E-state index contributed by atoms with van der Waals surface area (Å²) in [6.45, 7) is 1.19. The third-order valence-electron chi connectivity index (χ3n) is 4.74. The quantitative estimate of drug-likeness (QED) is 0.749. The average molecular weight is 391 g/mol. The Kier molecular flexibility index (Phi) is 3.71. The van der Waals surface area contributed by atoms with E-state index in [4.69, 9.17) is 4.74 Å². The second-order valence-corrected chi connectivity index (χ2v) is 6.92. The van der Waals surface area contributed by atoms with E-state index >= 15 is 0 Å². The van der Waals surface area contributed by atoms with Crippen LogP contribution in [-0.2, 0) is 15.3 Å². The highest BCUT2D eigenvalue weighted by Gasteiger charge is 2.51. The molecule has 1 amide bonds. The molecule has 0 spiro atoms. The molecule has 0 N–H and O–H groups in total. The molecule has 6 heteroatoms. The van der Waals surface area contributed by atoms with E-state index in [9.17, 15) is 9.18 Å². The Morgan fingerprint density at radius 3 is 2.79 bits per heavy atom. The Labute approximate surface area is 147 Å². The van der Waals surface area contributed by atoms with Crippen LogP contribution in [0.2, 0.25) is 0 Å². The van der Waals surface area contributed by atoms with Gasteiger partial charge in [0.2, 0.25) is 5.91 Å². The van der Waals surface area contributed by atoms with Gasteiger partial charge in [-0.2, -0.15) is 0 Å². The zero-order valence-electron chi connectivity index (χ0n) is 13.1. The van der Waals surface area contributed by atoms with Crippen LogP contribution in [0.4, 0.5) is 10.1 Å². The summed E-state index contributed by atoms with van der Waals surface area (Å²) in [6, 6.07) is 12.3. The van der Waals surface area contributed by atoms with Crippen LogP contribution in [-0.4, -0.2) is 37.6 Å². The van der Waals surface area contributed by atoms with Crippen molar-refractivity contribution in [3.63, 3.8) is 0 Å². The molecule has 2 aromatic rings. The van der Waals surface area contributed by atoms with Crippen LogP contribution in [0.1, 0.15) is 11.1 Å². The predicted molar refractivity (Wildman–Crippen MR) is 92.3 cm³/mol. The monoisotopic (exact) mass is 390 g/mol. The normalized spacial score (nSPS) is 23.8. The molecule has 0 saturated carbocycles. The van der Waals surface area contributed by atoms with Crippen molar-refractivity contribution < 1.29 is 13.9 Å². The number of ether oxygens (including phenoxy) is 1. The van der Waals surface area contributed by atoms with E-state index in [0.29, 0.717) is 18.7 Å². The van der Waals surface area contributed by atoms with E-state index in [1.54, 1.807) is 30.1 Å². The van der Waals surface area contributed by atoms with Crippen LogP contribution in [0.25, 0.3) is 0 Å². The second kappa shape index (κ2) is 5.65. The third kappa shape index (κ3) is 2.13. The lowest BCUT2D eigenvalue weighted by molar-refractivity contribution is -0.123. The van der Waals surface area contributed by atoms with Crippen molar-refractivity contribution in [3.05, 3.63) is 63.9 Å². The first-order chi connectivity index (χ1) is 11.5. The van der Waals surface area contributed by atoms with Gasteiger partial charge in [-0.15, -0.1) is 0 Å². The van der Waals surface area contributed by atoms with Gasteiger partial charge in [0.1, 0.15) is 5.82 Å². The summed E-state index contributed by atoms with van der Waals surface area (Å²) in [5, 5.41) is 0. The number of fused-ring (bicyclic) bond motifs is 3. The predicted octanol–water partition coefficient (Wildman–Crippen LogP) is 3.10. The van der Waals surface area contributed by atoms with Crippen molar-refractivity contribution in [3.8, 4) is 0 Å². The molecule has 2 aromatic carbocycles. The van der Waals surface area contributed by atoms with Gasteiger partial charge in [0.15, 0.2) is 5.72 Å². The lowest BCUT2D eigenvalue weighted by atomic mass is 9.91. The summed E-state index contributed by atoms with van der Waals surface area (Å²) in [7, 11) is 1.74. The molecule has 1 unspecified atom stereocenters. The third-order valence-corrected chi connectivity index (χ3v) is 5.23. The number of amides is 1. The molecule has 2 aliphatic rings. The van der Waals surface area contributed by atoms with Gasteiger partial charge in [-0.3, -0.25) is 9.69 Å². The number of hydrogen-bond donors (Lipinski definition) is 0. The molecule has 2 heterocycles. The number of benzene rings is 2. The van der Waals surface area contributed by atoms with Gasteiger partial charge < -0.3 is 9.64 Å². The minimum Gasteiger partial charge on any atom is -0.350 e. The zero-order chi connectivity index (χ0) is 16.9. The number of rotatable bonds is 1. The molecule has 0 aromatic heterocycles. The number of anilines is 1. The molecular formula is C18H16BrFN2O2. The van der Waals surface area contributed by atoms with Crippen molar-refractivity contribution >= 4 is 27.5 Å². The molecule has 1 atom stereocenters. The maximum Gasteiger partial charge on any atom is 0.241 e. The van der Waals surface area contributed by atoms with E-state index in [0.717, 1.165) is 15.7 Å². The standard InChI is InChI=1S/C18H16BrFN2O2/c1-21-16-7-6-12(19)10-14(16)18(13-4-2-3-5-15(13)20)22(8-9-24-18)11-17(21)23/h2-7,10H,8-9,11H2,1H3. The van der Waals surface area contributed by atoms with Crippen LogP contribution in [0, 0.1) is 5.82 Å². The lowest BCUT2D eigenvalue weighted by Gasteiger charge is -2.36. The highest BCUT2D eigenvalue weighted by Crippen LogP contribution is 2.47. The van der Waals surface area contributed by atoms with Crippen molar-refractivity contribution in [1.82, 2.24) is 4.90 Å². The highest BCUT2D eigenvalue weighted by molar-refractivity contribution is 9.10. The Hall–Kier alpha value is -1.76. The fourth-order valence-corrected chi connectivity index (χ4v) is 3.96. The summed E-state index contributed by atoms with van der Waals surface area (Å²) in [4.78, 5) is 16.1. The van der Waals surface area contributed by atoms with E-state index < -0.39 is 5.72 Å². The van der Waals surface area contributed by atoms with Gasteiger partial charge in [0.25, 0.3) is 0 Å². The zero-order valence-corrected chi connectivity index (χ0v) is 14.7. The van der Waals surface area contributed by atoms with Crippen LogP contribution in [0.5, 0.6) is 0 Å². The smallest absolute Gasteiger partial charge is 0.241 e. The van der Waals surface area contributed by atoms with Crippen LogP contribution in [0.15, 0.2) is 46.9 Å². The summed E-state index contributed by atoms with van der Waals surface area (Å²) in [5.74, 6) is -0.380. The van der Waals surface area contributed by atoms with Crippen molar-refractivity contribution in [1.29, 1.82) is 0 Å². The molecule has 1 saturated heterocycles. The summed E-state index contributed by atoms with van der Waals surface area (Å²) in [5.41, 5.74) is 0.846. The van der Waals surface area contributed by atoms with Gasteiger partial charge in [-0.05, 0) is 24.3 Å². The molecule has 0 aliphatic carbocycles. The van der Waals surface area contributed by atoms with Crippen molar-refractivity contribution in [2.75, 3.05) is 31.6 Å². The fraction of sp³-hybridized carbons (Fsp3) is 0.278. The highest BCUT2D eigenvalue weighted by atomic mass is 79.9. The average Bonchev–Trinajstić information content (AvgIpc) is 2.95. The Balaban J connectivity index is 2.06. The molecule has 124 valence electrons. The van der Waals surface area contributed by atoms with E-state index in [-0.39, 0.29) is 18.3 Å². The number of halogens is 2. The minimum absolute atomic E-state index is 0.0395. The molecular weight excluding hydrogens is 375 g/mol. The van der Waals surface area contributed by atoms with E-state index in [1.807, 2.05) is 23.1 Å². The second-order valence-electron chi connectivity index (χ2n) is 6.01. The topological polar surface area (TPSA) is 32.8 Å². The van der Waals surface area contributed by atoms with Crippen molar-refractivity contribution in [2.24, 2.45) is 0 Å². The molecule has 4 rings (SSSR count). The SMILES string of the molecule is CN1C(=O)CN2CCOC2(c2ccccc2F)c2cc(Br)ccc21. The van der Waals surface area contributed by atoms with Crippen LogP contribution < -0.4 is 4.90 Å². The number of hydrogen-bond acceptors (Lipinski definition) is 3. The number of carbonyl (C=O) groups is 1. The van der Waals surface area contributed by atoms with Crippen molar-refractivity contribution in [2.45, 2.75) is 5.72 Å². The summed E-state index contributed by atoms with van der Waals surface area (Å²) in [6.07, 6.45) is 0. The van der Waals surface area contributed by atoms with E-state index in [1.165, 1.54) is 6.07 Å². The molecule has 0 radical (unpaired) electrons. The maximum atomic E-state index is 14.7. The first-order valence-corrected chi connectivity index (χ1v) is 8.54. The summed E-state index contributed by atoms with van der Waals surface area (Å²) < 4.78 is 21.7. The number of likely N-dealkylation sites (N-methyl/N-ethyl adjacent to an activating group) is 1.